The van der Waals surface area contributed by atoms with Gasteiger partial charge >= 0.3 is 0 Å². The number of benzene rings is 1. The van der Waals surface area contributed by atoms with Crippen LogP contribution >= 0.6 is 11.6 Å². The lowest BCUT2D eigenvalue weighted by Gasteiger charge is -2.35. The highest BCUT2D eigenvalue weighted by Crippen LogP contribution is 2.25. The number of hydrogen-bond donors (Lipinski definition) is 0. The van der Waals surface area contributed by atoms with E-state index in [1.807, 2.05) is 25.7 Å². The van der Waals surface area contributed by atoms with Gasteiger partial charge in [-0.3, -0.25) is 4.79 Å². The van der Waals surface area contributed by atoms with Gasteiger partial charge in [0.15, 0.2) is 0 Å². The zero-order valence-electron chi connectivity index (χ0n) is 15.9. The molecular formula is C18H22ClFN4O3S. The van der Waals surface area contributed by atoms with Gasteiger partial charge in [-0.25, -0.2) is 17.5 Å². The summed E-state index contributed by atoms with van der Waals surface area (Å²) in [5, 5.41) is 4.28. The molecule has 0 aliphatic carbocycles. The molecule has 2 heterocycles. The summed E-state index contributed by atoms with van der Waals surface area (Å²) in [6.45, 7) is 6.63. The Morgan fingerprint density at radius 1 is 1.14 bits per heavy atom. The van der Waals surface area contributed by atoms with Crippen molar-refractivity contribution in [3.63, 3.8) is 0 Å². The minimum atomic E-state index is -3.78. The van der Waals surface area contributed by atoms with Crippen LogP contribution in [0, 0.1) is 5.82 Å². The molecule has 2 aromatic rings. The Bertz CT molecular complexity index is 1040. The molecule has 1 saturated heterocycles. The minimum Gasteiger partial charge on any atom is -0.366 e. The van der Waals surface area contributed by atoms with E-state index >= 15 is 0 Å². The summed E-state index contributed by atoms with van der Waals surface area (Å²) in [5.74, 6) is -0.600. The lowest BCUT2D eigenvalue weighted by atomic mass is 10.1. The molecule has 1 fully saturated rings. The van der Waals surface area contributed by atoms with E-state index < -0.39 is 21.4 Å². The molecule has 0 bridgehead atoms. The van der Waals surface area contributed by atoms with Crippen LogP contribution in [0.5, 0.6) is 0 Å². The maximum atomic E-state index is 13.4. The van der Waals surface area contributed by atoms with Crippen LogP contribution in [0.3, 0.4) is 0 Å². The van der Waals surface area contributed by atoms with Crippen LogP contribution in [0.4, 0.5) is 10.1 Å². The van der Waals surface area contributed by atoms with Crippen molar-refractivity contribution < 1.29 is 12.8 Å². The average molecular weight is 429 g/mol. The molecule has 7 nitrogen and oxygen atoms in total. The number of sulfonamides is 1. The molecule has 0 spiro atoms. The Morgan fingerprint density at radius 2 is 1.79 bits per heavy atom. The van der Waals surface area contributed by atoms with Gasteiger partial charge in [-0.15, -0.1) is 0 Å². The van der Waals surface area contributed by atoms with Crippen molar-refractivity contribution in [1.29, 1.82) is 0 Å². The molecule has 0 amide bonds. The van der Waals surface area contributed by atoms with Crippen molar-refractivity contribution in [2.45, 2.75) is 31.2 Å². The molecular weight excluding hydrogens is 407 g/mol. The van der Waals surface area contributed by atoms with E-state index in [2.05, 4.69) is 5.10 Å². The number of nitrogens with zero attached hydrogens (tertiary/aromatic N) is 4. The second-order valence-electron chi connectivity index (χ2n) is 7.58. The summed E-state index contributed by atoms with van der Waals surface area (Å²) in [6.07, 6.45) is 1.53. The van der Waals surface area contributed by atoms with Crippen molar-refractivity contribution in [3.8, 4) is 0 Å². The number of aromatic nitrogens is 2. The van der Waals surface area contributed by atoms with Crippen LogP contribution in [0.25, 0.3) is 0 Å². The zero-order valence-corrected chi connectivity index (χ0v) is 17.5. The Balaban J connectivity index is 1.79. The molecule has 0 radical (unpaired) electrons. The van der Waals surface area contributed by atoms with Gasteiger partial charge in [0.05, 0.1) is 22.3 Å². The Hall–Kier alpha value is -1.97. The SMILES string of the molecule is CC(C)(C)n1ncc(N2CCN(S(=O)(=O)c3cccc(F)c3)CC2)c(Cl)c1=O. The molecule has 0 N–H and O–H groups in total. The monoisotopic (exact) mass is 428 g/mol. The van der Waals surface area contributed by atoms with Gasteiger partial charge in [0, 0.05) is 26.2 Å². The first-order valence-electron chi connectivity index (χ1n) is 8.81. The standard InChI is InChI=1S/C18H22ClFN4O3S/c1-18(2,3)24-17(25)16(19)15(12-21-24)22-7-9-23(10-8-22)28(26,27)14-6-4-5-13(20)11-14/h4-6,11-12H,7-10H2,1-3H3. The van der Waals surface area contributed by atoms with E-state index in [1.165, 1.54) is 33.4 Å². The highest BCUT2D eigenvalue weighted by Gasteiger charge is 2.30. The maximum Gasteiger partial charge on any atom is 0.288 e. The van der Waals surface area contributed by atoms with Gasteiger partial charge in [-0.2, -0.15) is 9.40 Å². The van der Waals surface area contributed by atoms with Crippen LogP contribution in [0.15, 0.2) is 40.2 Å². The lowest BCUT2D eigenvalue weighted by Crippen LogP contribution is -2.49. The van der Waals surface area contributed by atoms with Crippen molar-refractivity contribution in [1.82, 2.24) is 14.1 Å². The molecule has 0 unspecified atom stereocenters. The Kier molecular flexibility index (Phi) is 5.53. The van der Waals surface area contributed by atoms with Crippen molar-refractivity contribution in [2.24, 2.45) is 0 Å². The smallest absolute Gasteiger partial charge is 0.288 e. The molecule has 1 aromatic heterocycles. The second-order valence-corrected chi connectivity index (χ2v) is 9.90. The molecule has 10 heteroatoms. The predicted molar refractivity (Wildman–Crippen MR) is 106 cm³/mol. The van der Waals surface area contributed by atoms with E-state index in [-0.39, 0.29) is 28.6 Å². The molecule has 1 aliphatic heterocycles. The summed E-state index contributed by atoms with van der Waals surface area (Å²) < 4.78 is 41.4. The minimum absolute atomic E-state index is 0.0614. The van der Waals surface area contributed by atoms with Crippen molar-refractivity contribution in [3.05, 3.63) is 51.7 Å². The van der Waals surface area contributed by atoms with Crippen LogP contribution in [-0.2, 0) is 15.6 Å². The summed E-state index contributed by atoms with van der Waals surface area (Å²) in [5.41, 5.74) is -0.409. The highest BCUT2D eigenvalue weighted by atomic mass is 35.5. The fourth-order valence-electron chi connectivity index (χ4n) is 3.07. The first-order valence-corrected chi connectivity index (χ1v) is 10.6. The second kappa shape index (κ2) is 7.46. The Labute approximate surface area is 168 Å². The molecule has 1 aromatic carbocycles. The van der Waals surface area contributed by atoms with Crippen molar-refractivity contribution in [2.75, 3.05) is 31.1 Å². The van der Waals surface area contributed by atoms with Crippen LogP contribution in [0.1, 0.15) is 20.8 Å². The zero-order chi connectivity index (χ0) is 20.7. The Morgan fingerprint density at radius 3 is 2.36 bits per heavy atom. The molecule has 0 atom stereocenters. The third kappa shape index (κ3) is 3.92. The van der Waals surface area contributed by atoms with E-state index in [4.69, 9.17) is 11.6 Å². The number of hydrogen-bond acceptors (Lipinski definition) is 5. The molecule has 152 valence electrons. The fourth-order valence-corrected chi connectivity index (χ4v) is 4.77. The number of halogens is 2. The third-order valence-electron chi connectivity index (χ3n) is 4.55. The first-order chi connectivity index (χ1) is 13.0. The molecule has 1 aliphatic rings. The highest BCUT2D eigenvalue weighted by molar-refractivity contribution is 7.89. The summed E-state index contributed by atoms with van der Waals surface area (Å²) >= 11 is 6.29. The summed E-state index contributed by atoms with van der Waals surface area (Å²) in [4.78, 5) is 14.3. The van der Waals surface area contributed by atoms with Crippen LogP contribution in [0.2, 0.25) is 5.02 Å². The van der Waals surface area contributed by atoms with Crippen molar-refractivity contribution >= 4 is 27.3 Å². The first kappa shape index (κ1) is 20.8. The van der Waals surface area contributed by atoms with Crippen LogP contribution in [-0.4, -0.2) is 48.7 Å². The normalized spacial score (nSPS) is 16.4. The van der Waals surface area contributed by atoms with Gasteiger partial charge in [0.2, 0.25) is 10.0 Å². The predicted octanol–water partition coefficient (Wildman–Crippen LogP) is 2.30. The van der Waals surface area contributed by atoms with Gasteiger partial charge < -0.3 is 4.90 Å². The molecule has 3 rings (SSSR count). The van der Waals surface area contributed by atoms with Gasteiger partial charge in [0.1, 0.15) is 10.8 Å². The topological polar surface area (TPSA) is 75.5 Å². The van der Waals surface area contributed by atoms with Gasteiger partial charge in [-0.05, 0) is 39.0 Å². The summed E-state index contributed by atoms with van der Waals surface area (Å²) in [6, 6.07) is 4.95. The largest absolute Gasteiger partial charge is 0.366 e. The number of piperazine rings is 1. The van der Waals surface area contributed by atoms with E-state index in [0.29, 0.717) is 18.8 Å². The van der Waals surface area contributed by atoms with E-state index in [9.17, 15) is 17.6 Å². The molecule has 28 heavy (non-hydrogen) atoms. The third-order valence-corrected chi connectivity index (χ3v) is 6.80. The molecule has 0 saturated carbocycles. The van der Waals surface area contributed by atoms with E-state index in [1.54, 1.807) is 0 Å². The summed E-state index contributed by atoms with van der Waals surface area (Å²) in [7, 11) is -3.78. The number of anilines is 1. The fraction of sp³-hybridized carbons (Fsp3) is 0.444. The number of rotatable bonds is 3. The van der Waals surface area contributed by atoms with E-state index in [0.717, 1.165) is 6.07 Å². The quantitative estimate of drug-likeness (QED) is 0.749. The van der Waals surface area contributed by atoms with Gasteiger partial charge in [0.25, 0.3) is 5.56 Å². The van der Waals surface area contributed by atoms with Gasteiger partial charge in [-0.1, -0.05) is 17.7 Å². The maximum absolute atomic E-state index is 13.4. The lowest BCUT2D eigenvalue weighted by molar-refractivity contribution is 0.337. The van der Waals surface area contributed by atoms with Crippen LogP contribution < -0.4 is 10.5 Å². The average Bonchev–Trinajstić information content (AvgIpc) is 2.63.